The van der Waals surface area contributed by atoms with Gasteiger partial charge >= 0.3 is 0 Å². The molecule has 1 aromatic heterocycles. The first kappa shape index (κ1) is 34.7. The van der Waals surface area contributed by atoms with E-state index in [1.165, 1.54) is 66.1 Å². The zero-order valence-corrected chi connectivity index (χ0v) is 30.6. The van der Waals surface area contributed by atoms with Crippen molar-refractivity contribution in [1.82, 2.24) is 9.99 Å². The summed E-state index contributed by atoms with van der Waals surface area (Å²) in [4.78, 5) is 0. The highest BCUT2D eigenvalue weighted by molar-refractivity contribution is 6.04. The Morgan fingerprint density at radius 3 is 1.87 bits per heavy atom. The molecular weight excluding hydrogens is 631 g/mol. The first-order valence-electron chi connectivity index (χ1n) is 18.5. The molecule has 0 saturated heterocycles. The largest absolute Gasteiger partial charge is 0.312 e. The number of hydrogen-bond donors (Lipinski definition) is 2. The minimum absolute atomic E-state index is 0.593. The van der Waals surface area contributed by atoms with Crippen LogP contribution in [0.5, 0.6) is 0 Å². The first-order chi connectivity index (χ1) is 25.5. The van der Waals surface area contributed by atoms with E-state index in [-0.39, 0.29) is 0 Å². The lowest BCUT2D eigenvalue weighted by Gasteiger charge is -2.32. The van der Waals surface area contributed by atoms with Crippen LogP contribution in [0.15, 0.2) is 164 Å². The molecule has 3 heteroatoms. The molecule has 1 atom stereocenters. The van der Waals surface area contributed by atoms with Gasteiger partial charge in [-0.15, -0.1) is 0 Å². The van der Waals surface area contributed by atoms with Crippen molar-refractivity contribution in [1.29, 1.82) is 0 Å². The number of rotatable bonds is 5. The number of hydrazine groups is 1. The van der Waals surface area contributed by atoms with Crippen LogP contribution in [0, 0.1) is 6.92 Å². The fourth-order valence-electron chi connectivity index (χ4n) is 7.57. The van der Waals surface area contributed by atoms with Crippen LogP contribution in [0.2, 0.25) is 0 Å². The molecule has 52 heavy (non-hydrogen) atoms. The van der Waals surface area contributed by atoms with Crippen LogP contribution in [-0.2, 0) is 12.0 Å². The average Bonchev–Trinajstić information content (AvgIpc) is 3.53. The third-order valence-corrected chi connectivity index (χ3v) is 10.3. The van der Waals surface area contributed by atoms with Crippen molar-refractivity contribution < 1.29 is 0 Å². The fourth-order valence-corrected chi connectivity index (χ4v) is 7.57. The average molecular weight is 678 g/mol. The van der Waals surface area contributed by atoms with Gasteiger partial charge in [0.2, 0.25) is 0 Å². The second-order valence-electron chi connectivity index (χ2n) is 13.4. The summed E-state index contributed by atoms with van der Waals surface area (Å²) in [6.45, 7) is 8.26. The molecule has 1 unspecified atom stereocenters. The summed E-state index contributed by atoms with van der Waals surface area (Å²) < 4.78 is 2.51. The highest BCUT2D eigenvalue weighted by Crippen LogP contribution is 2.41. The standard InChI is InChI=1S/C40H33N3.C7H8.C2H6/c1-40(42-41,31-21-19-28(20-22-31)27-11-3-2-4-12-27)36-23-24-38(33-16-8-7-15-32(33)36)43-37-18-10-9-17-34(37)35-25-29-13-5-6-14-30(29)26-39(35)43;1-7-5-3-2-4-6-7;1-2/h2-9,11-17,19-26,42H,10,18,41H2,1H3;2-6H,1H3;1-2H3. The lowest BCUT2D eigenvalue weighted by atomic mass is 9.81. The third kappa shape index (κ3) is 6.46. The Morgan fingerprint density at radius 2 is 1.21 bits per heavy atom. The van der Waals surface area contributed by atoms with Gasteiger partial charge in [-0.25, -0.2) is 5.43 Å². The van der Waals surface area contributed by atoms with Crippen LogP contribution < -0.4 is 11.3 Å². The predicted molar refractivity (Wildman–Crippen MR) is 224 cm³/mol. The zero-order valence-electron chi connectivity index (χ0n) is 30.6. The minimum Gasteiger partial charge on any atom is -0.312 e. The number of fused-ring (bicyclic) bond motifs is 5. The fraction of sp³-hybridized carbons (Fsp3) is 0.143. The summed E-state index contributed by atoms with van der Waals surface area (Å²) in [5.74, 6) is 6.40. The van der Waals surface area contributed by atoms with Gasteiger partial charge in [-0.2, -0.15) is 0 Å². The molecule has 1 heterocycles. The van der Waals surface area contributed by atoms with Gasteiger partial charge in [-0.1, -0.05) is 171 Å². The van der Waals surface area contributed by atoms with Crippen LogP contribution in [-0.4, -0.2) is 4.57 Å². The number of nitrogens with one attached hydrogen (secondary N) is 1. The molecule has 7 aromatic carbocycles. The highest BCUT2D eigenvalue weighted by atomic mass is 15.3. The molecule has 9 rings (SSSR count). The summed E-state index contributed by atoms with van der Waals surface area (Å²) in [5.41, 5.74) is 13.8. The molecule has 1 aliphatic carbocycles. The Bertz CT molecular complexity index is 2470. The van der Waals surface area contributed by atoms with E-state index in [1.807, 2.05) is 38.1 Å². The molecule has 0 aliphatic heterocycles. The van der Waals surface area contributed by atoms with Crippen LogP contribution in [0.3, 0.4) is 0 Å². The number of aryl methyl sites for hydroxylation is 1. The molecule has 258 valence electrons. The number of aromatic nitrogens is 1. The van der Waals surface area contributed by atoms with Crippen molar-refractivity contribution >= 4 is 38.5 Å². The van der Waals surface area contributed by atoms with Crippen molar-refractivity contribution in [2.45, 2.75) is 46.1 Å². The second-order valence-corrected chi connectivity index (χ2v) is 13.4. The van der Waals surface area contributed by atoms with E-state index >= 15 is 0 Å². The Hall–Kier alpha value is -5.74. The lowest BCUT2D eigenvalue weighted by Crippen LogP contribution is -2.45. The Morgan fingerprint density at radius 1 is 0.615 bits per heavy atom. The predicted octanol–water partition coefficient (Wildman–Crippen LogP) is 12.3. The molecule has 3 N–H and O–H groups in total. The van der Waals surface area contributed by atoms with Gasteiger partial charge in [-0.3, -0.25) is 5.84 Å². The maximum atomic E-state index is 6.40. The van der Waals surface area contributed by atoms with Crippen molar-refractivity contribution in [2.75, 3.05) is 0 Å². The van der Waals surface area contributed by atoms with Crippen LogP contribution >= 0.6 is 0 Å². The van der Waals surface area contributed by atoms with E-state index < -0.39 is 5.54 Å². The van der Waals surface area contributed by atoms with Crippen molar-refractivity contribution in [2.24, 2.45) is 5.84 Å². The number of benzene rings is 7. The smallest absolute Gasteiger partial charge is 0.0796 e. The van der Waals surface area contributed by atoms with E-state index in [0.29, 0.717) is 0 Å². The van der Waals surface area contributed by atoms with E-state index in [9.17, 15) is 0 Å². The van der Waals surface area contributed by atoms with Gasteiger partial charge in [-0.05, 0) is 83.3 Å². The molecular formula is C49H47N3. The third-order valence-electron chi connectivity index (χ3n) is 10.3. The van der Waals surface area contributed by atoms with E-state index in [2.05, 4.69) is 169 Å². The van der Waals surface area contributed by atoms with E-state index in [1.54, 1.807) is 0 Å². The minimum atomic E-state index is -0.593. The summed E-state index contributed by atoms with van der Waals surface area (Å²) in [5, 5.41) is 6.25. The Kier molecular flexibility index (Phi) is 10.2. The molecule has 0 fully saturated rings. The lowest BCUT2D eigenvalue weighted by molar-refractivity contribution is 0.455. The van der Waals surface area contributed by atoms with E-state index in [4.69, 9.17) is 5.84 Å². The SMILES string of the molecule is CC.CC(NN)(c1ccc(-c2ccccc2)cc1)c1ccc(-n2c3c(c4cc5ccccc5cc42)C=CCC3)c2ccccc12.Cc1ccccc1. The molecule has 3 nitrogen and oxygen atoms in total. The summed E-state index contributed by atoms with van der Waals surface area (Å²) >= 11 is 0. The molecule has 0 bridgehead atoms. The Balaban J connectivity index is 0.000000416. The maximum Gasteiger partial charge on any atom is 0.0796 e. The second kappa shape index (κ2) is 15.2. The van der Waals surface area contributed by atoms with Crippen LogP contribution in [0.4, 0.5) is 0 Å². The van der Waals surface area contributed by atoms with E-state index in [0.717, 1.165) is 24.0 Å². The normalized spacial score (nSPS) is 13.1. The van der Waals surface area contributed by atoms with Gasteiger partial charge in [0.25, 0.3) is 0 Å². The summed E-state index contributed by atoms with van der Waals surface area (Å²) in [6, 6.07) is 56.2. The van der Waals surface area contributed by atoms with Crippen LogP contribution in [0.1, 0.15) is 55.1 Å². The Labute approximate surface area is 308 Å². The number of nitrogens with two attached hydrogens (primary N) is 1. The molecule has 8 aromatic rings. The quantitative estimate of drug-likeness (QED) is 0.141. The van der Waals surface area contributed by atoms with Gasteiger partial charge in [0, 0.05) is 22.0 Å². The number of nitrogens with zero attached hydrogens (tertiary/aromatic N) is 1. The number of hydrogen-bond acceptors (Lipinski definition) is 2. The monoisotopic (exact) mass is 677 g/mol. The molecule has 1 aliphatic rings. The zero-order chi connectivity index (χ0) is 36.1. The number of allylic oxidation sites excluding steroid dienone is 1. The summed E-state index contributed by atoms with van der Waals surface area (Å²) in [7, 11) is 0. The molecule has 0 saturated carbocycles. The van der Waals surface area contributed by atoms with Gasteiger partial charge in [0.15, 0.2) is 0 Å². The molecule has 0 radical (unpaired) electrons. The van der Waals surface area contributed by atoms with Crippen molar-refractivity contribution in [3.8, 4) is 16.8 Å². The first-order valence-corrected chi connectivity index (χ1v) is 18.5. The highest BCUT2D eigenvalue weighted by Gasteiger charge is 2.30. The summed E-state index contributed by atoms with van der Waals surface area (Å²) in [6.07, 6.45) is 6.69. The topological polar surface area (TPSA) is 43.0 Å². The van der Waals surface area contributed by atoms with Crippen molar-refractivity contribution in [3.63, 3.8) is 0 Å². The maximum absolute atomic E-state index is 6.40. The van der Waals surface area contributed by atoms with Gasteiger partial charge in [0.1, 0.15) is 0 Å². The molecule has 0 spiro atoms. The van der Waals surface area contributed by atoms with Gasteiger partial charge < -0.3 is 4.57 Å². The van der Waals surface area contributed by atoms with Crippen molar-refractivity contribution in [3.05, 3.63) is 192 Å². The van der Waals surface area contributed by atoms with Crippen LogP contribution in [0.25, 0.3) is 55.3 Å². The van der Waals surface area contributed by atoms with Gasteiger partial charge in [0.05, 0.1) is 16.7 Å². The molecule has 0 amide bonds.